The molecule has 1 aliphatic heterocycles. The van der Waals surface area contributed by atoms with Gasteiger partial charge in [0.2, 0.25) is 0 Å². The summed E-state index contributed by atoms with van der Waals surface area (Å²) < 4.78 is 7.17. The summed E-state index contributed by atoms with van der Waals surface area (Å²) in [5, 5.41) is 8.19. The highest BCUT2D eigenvalue weighted by Gasteiger charge is 2.18. The van der Waals surface area contributed by atoms with Crippen molar-refractivity contribution in [3.8, 4) is 0 Å². The fourth-order valence-corrected chi connectivity index (χ4v) is 1.77. The van der Waals surface area contributed by atoms with Crippen LogP contribution in [0.5, 0.6) is 0 Å². The Hall–Kier alpha value is -0.980. The van der Waals surface area contributed by atoms with E-state index in [9.17, 15) is 0 Å². The van der Waals surface area contributed by atoms with Crippen molar-refractivity contribution in [2.75, 3.05) is 32.8 Å². The van der Waals surface area contributed by atoms with E-state index in [4.69, 9.17) is 10.5 Å². The summed E-state index contributed by atoms with van der Waals surface area (Å²) in [4.78, 5) is 2.37. The first kappa shape index (κ1) is 12.5. The summed E-state index contributed by atoms with van der Waals surface area (Å²) in [5.41, 5.74) is 6.38. The third-order valence-corrected chi connectivity index (χ3v) is 2.95. The van der Waals surface area contributed by atoms with Gasteiger partial charge < -0.3 is 10.5 Å². The molecule has 2 N–H and O–H groups in total. The van der Waals surface area contributed by atoms with Crippen molar-refractivity contribution < 1.29 is 4.74 Å². The molecule has 1 aliphatic rings. The second-order valence-corrected chi connectivity index (χ2v) is 5.04. The monoisotopic (exact) mass is 239 g/mol. The van der Waals surface area contributed by atoms with Crippen molar-refractivity contribution in [3.63, 3.8) is 0 Å². The lowest BCUT2D eigenvalue weighted by molar-refractivity contribution is 0.0359. The van der Waals surface area contributed by atoms with Crippen LogP contribution in [0.2, 0.25) is 0 Å². The second-order valence-electron chi connectivity index (χ2n) is 5.04. The van der Waals surface area contributed by atoms with Crippen LogP contribution < -0.4 is 5.73 Å². The Labute approximate surface area is 102 Å². The Balaban J connectivity index is 1.84. The van der Waals surface area contributed by atoms with Crippen molar-refractivity contribution in [2.24, 2.45) is 5.73 Å². The van der Waals surface area contributed by atoms with Crippen molar-refractivity contribution in [3.05, 3.63) is 11.9 Å². The molecule has 0 aromatic carbocycles. The van der Waals surface area contributed by atoms with Gasteiger partial charge in [-0.3, -0.25) is 9.58 Å². The molecule has 0 saturated carbocycles. The molecule has 1 aromatic heterocycles. The average molecular weight is 239 g/mol. The molecule has 0 amide bonds. The zero-order valence-electron chi connectivity index (χ0n) is 10.6. The predicted molar refractivity (Wildman–Crippen MR) is 64.5 cm³/mol. The molecule has 6 heteroatoms. The molecule has 2 heterocycles. The number of hydrogen-bond donors (Lipinski definition) is 1. The third-order valence-electron chi connectivity index (χ3n) is 2.95. The molecule has 17 heavy (non-hydrogen) atoms. The molecule has 0 aliphatic carbocycles. The van der Waals surface area contributed by atoms with Crippen molar-refractivity contribution in [1.29, 1.82) is 0 Å². The maximum absolute atomic E-state index is 5.97. The van der Waals surface area contributed by atoms with Gasteiger partial charge in [-0.2, -0.15) is 0 Å². The zero-order valence-corrected chi connectivity index (χ0v) is 10.6. The lowest BCUT2D eigenvalue weighted by Crippen LogP contribution is -2.38. The number of morpholine rings is 1. The molecule has 0 radical (unpaired) electrons. The standard InChI is InChI=1S/C11H21N5O/c1-11(2,12)10-9-16(14-13-10)4-3-15-5-7-17-8-6-15/h9H,3-8,12H2,1-2H3. The van der Waals surface area contributed by atoms with Crippen LogP contribution >= 0.6 is 0 Å². The van der Waals surface area contributed by atoms with Gasteiger partial charge in [-0.25, -0.2) is 0 Å². The van der Waals surface area contributed by atoms with Crippen LogP contribution in [0, 0.1) is 0 Å². The number of ether oxygens (including phenoxy) is 1. The van der Waals surface area contributed by atoms with E-state index in [0.717, 1.165) is 45.1 Å². The number of rotatable bonds is 4. The summed E-state index contributed by atoms with van der Waals surface area (Å²) >= 11 is 0. The Morgan fingerprint density at radius 3 is 2.65 bits per heavy atom. The summed E-state index contributed by atoms with van der Waals surface area (Å²) in [7, 11) is 0. The lowest BCUT2D eigenvalue weighted by Gasteiger charge is -2.26. The predicted octanol–water partition coefficient (Wildman–Crippen LogP) is -0.196. The molecular weight excluding hydrogens is 218 g/mol. The third kappa shape index (κ3) is 3.49. The number of nitrogens with zero attached hydrogens (tertiary/aromatic N) is 4. The van der Waals surface area contributed by atoms with Crippen molar-refractivity contribution in [1.82, 2.24) is 19.9 Å². The van der Waals surface area contributed by atoms with Crippen LogP contribution in [0.1, 0.15) is 19.5 Å². The van der Waals surface area contributed by atoms with Crippen LogP contribution in [-0.2, 0) is 16.8 Å². The first-order chi connectivity index (χ1) is 8.05. The normalized spacial score (nSPS) is 18.5. The molecule has 0 atom stereocenters. The van der Waals surface area contributed by atoms with Gasteiger partial charge in [-0.05, 0) is 13.8 Å². The Morgan fingerprint density at radius 2 is 2.06 bits per heavy atom. The van der Waals surface area contributed by atoms with E-state index in [1.54, 1.807) is 0 Å². The molecule has 0 spiro atoms. The lowest BCUT2D eigenvalue weighted by atomic mass is 10.0. The highest BCUT2D eigenvalue weighted by atomic mass is 16.5. The molecule has 6 nitrogen and oxygen atoms in total. The van der Waals surface area contributed by atoms with Crippen LogP contribution in [0.3, 0.4) is 0 Å². The molecule has 1 saturated heterocycles. The van der Waals surface area contributed by atoms with Crippen LogP contribution in [0.15, 0.2) is 6.20 Å². The Bertz CT molecular complexity index is 351. The zero-order chi connectivity index (χ0) is 12.3. The molecule has 2 rings (SSSR count). The minimum Gasteiger partial charge on any atom is -0.379 e. The van der Waals surface area contributed by atoms with Gasteiger partial charge >= 0.3 is 0 Å². The minimum absolute atomic E-state index is 0.419. The van der Waals surface area contributed by atoms with Crippen LogP contribution in [-0.4, -0.2) is 52.7 Å². The Morgan fingerprint density at radius 1 is 1.35 bits per heavy atom. The number of nitrogens with two attached hydrogens (primary N) is 1. The smallest absolute Gasteiger partial charge is 0.102 e. The van der Waals surface area contributed by atoms with Gasteiger partial charge in [-0.15, -0.1) is 5.10 Å². The van der Waals surface area contributed by atoms with Crippen LogP contribution in [0.4, 0.5) is 0 Å². The largest absolute Gasteiger partial charge is 0.379 e. The van der Waals surface area contributed by atoms with Gasteiger partial charge in [0.05, 0.1) is 31.5 Å². The van der Waals surface area contributed by atoms with E-state index in [1.165, 1.54) is 0 Å². The average Bonchev–Trinajstić information content (AvgIpc) is 2.76. The second kappa shape index (κ2) is 5.12. The minimum atomic E-state index is -0.419. The van der Waals surface area contributed by atoms with E-state index in [0.29, 0.717) is 0 Å². The first-order valence-corrected chi connectivity index (χ1v) is 6.05. The van der Waals surface area contributed by atoms with Gasteiger partial charge in [-0.1, -0.05) is 5.21 Å². The molecular formula is C11H21N5O. The van der Waals surface area contributed by atoms with E-state index in [-0.39, 0.29) is 0 Å². The molecule has 96 valence electrons. The summed E-state index contributed by atoms with van der Waals surface area (Å²) in [5.74, 6) is 0. The topological polar surface area (TPSA) is 69.2 Å². The fourth-order valence-electron chi connectivity index (χ4n) is 1.77. The summed E-state index contributed by atoms with van der Waals surface area (Å²) in [6, 6.07) is 0. The fraction of sp³-hybridized carbons (Fsp3) is 0.818. The highest BCUT2D eigenvalue weighted by Crippen LogP contribution is 2.12. The van der Waals surface area contributed by atoms with Crippen molar-refractivity contribution in [2.45, 2.75) is 25.9 Å². The van der Waals surface area contributed by atoms with E-state index in [1.807, 2.05) is 24.7 Å². The summed E-state index contributed by atoms with van der Waals surface area (Å²) in [6.07, 6.45) is 1.93. The van der Waals surface area contributed by atoms with Crippen LogP contribution in [0.25, 0.3) is 0 Å². The molecule has 0 unspecified atom stereocenters. The molecule has 1 aromatic rings. The maximum Gasteiger partial charge on any atom is 0.102 e. The Kier molecular flexibility index (Phi) is 3.76. The molecule has 1 fully saturated rings. The number of aromatic nitrogens is 3. The van der Waals surface area contributed by atoms with E-state index in [2.05, 4.69) is 15.2 Å². The van der Waals surface area contributed by atoms with Crippen molar-refractivity contribution >= 4 is 0 Å². The maximum atomic E-state index is 5.97. The van der Waals surface area contributed by atoms with Gasteiger partial charge in [0, 0.05) is 19.6 Å². The van der Waals surface area contributed by atoms with Gasteiger partial charge in [0.25, 0.3) is 0 Å². The highest BCUT2D eigenvalue weighted by molar-refractivity contribution is 5.05. The number of hydrogen-bond acceptors (Lipinski definition) is 5. The SMILES string of the molecule is CC(C)(N)c1cn(CCN2CCOCC2)nn1. The van der Waals surface area contributed by atoms with E-state index < -0.39 is 5.54 Å². The molecule has 0 bridgehead atoms. The van der Waals surface area contributed by atoms with E-state index >= 15 is 0 Å². The summed E-state index contributed by atoms with van der Waals surface area (Å²) in [6.45, 7) is 9.37. The quantitative estimate of drug-likeness (QED) is 0.788. The van der Waals surface area contributed by atoms with Gasteiger partial charge in [0.1, 0.15) is 5.69 Å². The van der Waals surface area contributed by atoms with Gasteiger partial charge in [0.15, 0.2) is 0 Å². The first-order valence-electron chi connectivity index (χ1n) is 6.05.